The number of hydrogen-bond donors (Lipinski definition) is 0. The summed E-state index contributed by atoms with van der Waals surface area (Å²) in [6.07, 6.45) is 1.13. The summed E-state index contributed by atoms with van der Waals surface area (Å²) in [5.41, 5.74) is 1.24. The van der Waals surface area contributed by atoms with E-state index >= 15 is 0 Å². The zero-order valence-corrected chi connectivity index (χ0v) is 15.8. The van der Waals surface area contributed by atoms with Gasteiger partial charge in [-0.3, -0.25) is 14.9 Å². The van der Waals surface area contributed by atoms with Crippen molar-refractivity contribution in [2.75, 3.05) is 13.3 Å². The van der Waals surface area contributed by atoms with Gasteiger partial charge in [-0.15, -0.1) is 0 Å². The van der Waals surface area contributed by atoms with E-state index in [0.717, 1.165) is 11.8 Å². The van der Waals surface area contributed by atoms with Gasteiger partial charge < -0.3 is 4.90 Å². The summed E-state index contributed by atoms with van der Waals surface area (Å²) >= 11 is 0. The van der Waals surface area contributed by atoms with Crippen LogP contribution in [0.3, 0.4) is 0 Å². The van der Waals surface area contributed by atoms with E-state index in [1.807, 2.05) is 0 Å². The first-order chi connectivity index (χ1) is 12.0. The number of amides is 1. The van der Waals surface area contributed by atoms with Crippen LogP contribution < -0.4 is 0 Å². The highest BCUT2D eigenvalue weighted by molar-refractivity contribution is 7.90. The van der Waals surface area contributed by atoms with Gasteiger partial charge >= 0.3 is 0 Å². The van der Waals surface area contributed by atoms with Gasteiger partial charge in [0.15, 0.2) is 9.84 Å². The Labute approximate surface area is 152 Å². The fraction of sp³-hybridized carbons (Fsp3) is 0.278. The van der Waals surface area contributed by atoms with Crippen LogP contribution in [0.25, 0.3) is 0 Å². The molecule has 0 aliphatic carbocycles. The first-order valence-electron chi connectivity index (χ1n) is 7.85. The molecule has 0 spiro atoms. The van der Waals surface area contributed by atoms with E-state index in [9.17, 15) is 23.3 Å². The molecule has 0 N–H and O–H groups in total. The summed E-state index contributed by atoms with van der Waals surface area (Å²) in [7, 11) is -1.68. The average molecular weight is 376 g/mol. The van der Waals surface area contributed by atoms with Crippen molar-refractivity contribution in [2.24, 2.45) is 0 Å². The van der Waals surface area contributed by atoms with Gasteiger partial charge in [0, 0.05) is 30.5 Å². The predicted molar refractivity (Wildman–Crippen MR) is 97.9 cm³/mol. The third-order valence-electron chi connectivity index (χ3n) is 4.42. The van der Waals surface area contributed by atoms with E-state index in [1.54, 1.807) is 39.1 Å². The van der Waals surface area contributed by atoms with Crippen LogP contribution in [0.4, 0.5) is 5.69 Å². The zero-order chi connectivity index (χ0) is 19.6. The largest absolute Gasteiger partial charge is 0.335 e. The van der Waals surface area contributed by atoms with Gasteiger partial charge in [-0.25, -0.2) is 8.42 Å². The van der Waals surface area contributed by atoms with Crippen LogP contribution in [0.2, 0.25) is 0 Å². The van der Waals surface area contributed by atoms with E-state index in [1.165, 1.54) is 29.2 Å². The molecule has 0 aliphatic heterocycles. The molecule has 0 bridgehead atoms. The van der Waals surface area contributed by atoms with Crippen molar-refractivity contribution in [2.45, 2.75) is 24.8 Å². The molecule has 2 rings (SSSR count). The third kappa shape index (κ3) is 3.91. The highest BCUT2D eigenvalue weighted by Crippen LogP contribution is 2.26. The van der Waals surface area contributed by atoms with Crippen molar-refractivity contribution in [1.29, 1.82) is 0 Å². The van der Waals surface area contributed by atoms with Crippen molar-refractivity contribution >= 4 is 21.4 Å². The Hall–Kier alpha value is -2.74. The maximum atomic E-state index is 12.8. The second kappa shape index (κ2) is 7.25. The molecule has 1 unspecified atom stereocenters. The molecular formula is C18H20N2O5S. The molecule has 0 saturated carbocycles. The molecular weight excluding hydrogens is 356 g/mol. The SMILES string of the molecule is Cc1c(C(=O)N(C)C(C)c2ccc(S(C)(=O)=O)cc2)cccc1[N+](=O)[O-]. The number of benzene rings is 2. The quantitative estimate of drug-likeness (QED) is 0.590. The molecule has 0 aromatic heterocycles. The van der Waals surface area contributed by atoms with Crippen molar-refractivity contribution in [3.8, 4) is 0 Å². The Morgan fingerprint density at radius 3 is 2.23 bits per heavy atom. The van der Waals surface area contributed by atoms with Crippen LogP contribution in [0.15, 0.2) is 47.4 Å². The fourth-order valence-corrected chi connectivity index (χ4v) is 3.27. The molecule has 7 nitrogen and oxygen atoms in total. The Bertz CT molecular complexity index is 952. The van der Waals surface area contributed by atoms with Crippen molar-refractivity contribution < 1.29 is 18.1 Å². The van der Waals surface area contributed by atoms with Crippen molar-refractivity contribution in [3.63, 3.8) is 0 Å². The molecule has 0 radical (unpaired) electrons. The first kappa shape index (κ1) is 19.6. The smallest absolute Gasteiger partial charge is 0.273 e. The lowest BCUT2D eigenvalue weighted by Gasteiger charge is -2.26. The van der Waals surface area contributed by atoms with E-state index < -0.39 is 14.8 Å². The Morgan fingerprint density at radius 2 is 1.73 bits per heavy atom. The van der Waals surface area contributed by atoms with Gasteiger partial charge in [0.1, 0.15) is 0 Å². The Morgan fingerprint density at radius 1 is 1.15 bits per heavy atom. The highest BCUT2D eigenvalue weighted by Gasteiger charge is 2.24. The van der Waals surface area contributed by atoms with Crippen LogP contribution in [0.5, 0.6) is 0 Å². The highest BCUT2D eigenvalue weighted by atomic mass is 32.2. The number of sulfone groups is 1. The van der Waals surface area contributed by atoms with Crippen LogP contribution in [-0.2, 0) is 9.84 Å². The summed E-state index contributed by atoms with van der Waals surface area (Å²) in [5, 5.41) is 11.1. The first-order valence-corrected chi connectivity index (χ1v) is 9.74. The average Bonchev–Trinajstić information content (AvgIpc) is 2.59. The summed E-state index contributed by atoms with van der Waals surface area (Å²) in [6.45, 7) is 3.35. The van der Waals surface area contributed by atoms with Crippen LogP contribution in [0, 0.1) is 17.0 Å². The minimum absolute atomic E-state index is 0.102. The second-order valence-electron chi connectivity index (χ2n) is 6.14. The van der Waals surface area contributed by atoms with Gasteiger partial charge in [-0.1, -0.05) is 18.2 Å². The lowest BCUT2D eigenvalue weighted by atomic mass is 10.0. The van der Waals surface area contributed by atoms with Gasteiger partial charge in [-0.05, 0) is 37.6 Å². The number of carbonyl (C=O) groups excluding carboxylic acids is 1. The topological polar surface area (TPSA) is 97.6 Å². The molecule has 0 saturated heterocycles. The molecule has 1 amide bonds. The van der Waals surface area contributed by atoms with E-state index in [-0.39, 0.29) is 28.1 Å². The minimum atomic E-state index is -3.29. The van der Waals surface area contributed by atoms with Crippen LogP contribution >= 0.6 is 0 Å². The molecule has 2 aromatic rings. The molecule has 26 heavy (non-hydrogen) atoms. The fourth-order valence-electron chi connectivity index (χ4n) is 2.64. The van der Waals surface area contributed by atoms with Crippen molar-refractivity contribution in [3.05, 3.63) is 69.3 Å². The van der Waals surface area contributed by atoms with E-state index in [4.69, 9.17) is 0 Å². The maximum absolute atomic E-state index is 12.8. The number of rotatable bonds is 5. The number of nitrogens with zero attached hydrogens (tertiary/aromatic N) is 2. The lowest BCUT2D eigenvalue weighted by Crippen LogP contribution is -2.30. The summed E-state index contributed by atoms with van der Waals surface area (Å²) in [6, 6.07) is 10.4. The summed E-state index contributed by atoms with van der Waals surface area (Å²) in [4.78, 5) is 25.0. The Kier molecular flexibility index (Phi) is 5.46. The van der Waals surface area contributed by atoms with Crippen molar-refractivity contribution in [1.82, 2.24) is 4.90 Å². The minimum Gasteiger partial charge on any atom is -0.335 e. The number of nitro benzene ring substituents is 1. The van der Waals surface area contributed by atoms with Crippen LogP contribution in [0.1, 0.15) is 34.5 Å². The lowest BCUT2D eigenvalue weighted by molar-refractivity contribution is -0.385. The third-order valence-corrected chi connectivity index (χ3v) is 5.55. The molecule has 2 aromatic carbocycles. The molecule has 0 aliphatic rings. The number of hydrogen-bond acceptors (Lipinski definition) is 5. The Balaban J connectivity index is 2.31. The van der Waals surface area contributed by atoms with E-state index in [2.05, 4.69) is 0 Å². The monoisotopic (exact) mass is 376 g/mol. The van der Waals surface area contributed by atoms with E-state index in [0.29, 0.717) is 5.56 Å². The number of carbonyl (C=O) groups is 1. The molecule has 138 valence electrons. The molecule has 1 atom stereocenters. The van der Waals surface area contributed by atoms with Crippen LogP contribution in [-0.4, -0.2) is 37.5 Å². The predicted octanol–water partition coefficient (Wildman–Crippen LogP) is 3.14. The van der Waals surface area contributed by atoms with Gasteiger partial charge in [0.25, 0.3) is 11.6 Å². The molecule has 8 heteroatoms. The second-order valence-corrected chi connectivity index (χ2v) is 8.16. The van der Waals surface area contributed by atoms with Gasteiger partial charge in [0.2, 0.25) is 0 Å². The van der Waals surface area contributed by atoms with Gasteiger partial charge in [0.05, 0.1) is 15.9 Å². The zero-order valence-electron chi connectivity index (χ0n) is 15.0. The summed E-state index contributed by atoms with van der Waals surface area (Å²) in [5.74, 6) is -0.342. The normalized spacial score (nSPS) is 12.5. The maximum Gasteiger partial charge on any atom is 0.273 e. The summed E-state index contributed by atoms with van der Waals surface area (Å²) < 4.78 is 23.1. The molecule has 0 fully saturated rings. The standard InChI is InChI=1S/C18H20N2O5S/c1-12-16(6-5-7-17(12)20(22)23)18(21)19(3)13(2)14-8-10-15(11-9-14)26(4,24)25/h5-11,13H,1-4H3. The van der Waals surface area contributed by atoms with Gasteiger partial charge in [-0.2, -0.15) is 0 Å². The molecule has 0 heterocycles. The number of nitro groups is 1.